The van der Waals surface area contributed by atoms with Crippen LogP contribution in [0.4, 0.5) is 0 Å². The first-order valence-corrected chi connectivity index (χ1v) is 15.8. The minimum Gasteiger partial charge on any atom is -0.462 e. The zero-order chi connectivity index (χ0) is 24.2. The first-order chi connectivity index (χ1) is 16.6. The van der Waals surface area contributed by atoms with Gasteiger partial charge in [-0.25, -0.2) is 0 Å². The normalized spacial score (nSPS) is 34.6. The number of rotatable bonds is 13. The Morgan fingerprint density at radius 3 is 1.94 bits per heavy atom. The van der Waals surface area contributed by atoms with Gasteiger partial charge < -0.3 is 4.74 Å². The van der Waals surface area contributed by atoms with E-state index in [0.717, 1.165) is 55.3 Å². The zero-order valence-electron chi connectivity index (χ0n) is 23.2. The van der Waals surface area contributed by atoms with Gasteiger partial charge in [0.25, 0.3) is 0 Å². The van der Waals surface area contributed by atoms with E-state index in [2.05, 4.69) is 20.8 Å². The van der Waals surface area contributed by atoms with Gasteiger partial charge in [0.2, 0.25) is 0 Å². The van der Waals surface area contributed by atoms with Crippen LogP contribution in [-0.4, -0.2) is 12.1 Å². The molecule has 0 N–H and O–H groups in total. The zero-order valence-corrected chi connectivity index (χ0v) is 23.2. The molecule has 3 aliphatic rings. The predicted octanol–water partition coefficient (Wildman–Crippen LogP) is 9.89. The van der Waals surface area contributed by atoms with Crippen molar-refractivity contribution < 1.29 is 9.53 Å². The van der Waals surface area contributed by atoms with Crippen molar-refractivity contribution in [3.05, 3.63) is 0 Å². The molecule has 34 heavy (non-hydrogen) atoms. The van der Waals surface area contributed by atoms with Gasteiger partial charge in [0, 0.05) is 0 Å². The Kier molecular flexibility index (Phi) is 12.8. The molecule has 3 atom stereocenters. The molecule has 0 unspecified atom stereocenters. The molecule has 0 aliphatic heterocycles. The summed E-state index contributed by atoms with van der Waals surface area (Å²) in [6, 6.07) is 0. The number of hydrogen-bond acceptors (Lipinski definition) is 2. The van der Waals surface area contributed by atoms with Crippen molar-refractivity contribution in [1.29, 1.82) is 0 Å². The highest BCUT2D eigenvalue weighted by molar-refractivity contribution is 5.72. The Labute approximate surface area is 212 Å². The Morgan fingerprint density at radius 2 is 1.26 bits per heavy atom. The number of carbonyl (C=O) groups is 1. The van der Waals surface area contributed by atoms with Gasteiger partial charge in [0.05, 0.1) is 5.92 Å². The van der Waals surface area contributed by atoms with Crippen LogP contribution in [0.2, 0.25) is 0 Å². The van der Waals surface area contributed by atoms with Gasteiger partial charge >= 0.3 is 5.97 Å². The van der Waals surface area contributed by atoms with E-state index in [1.165, 1.54) is 109 Å². The molecule has 2 heteroatoms. The van der Waals surface area contributed by atoms with Crippen LogP contribution >= 0.6 is 0 Å². The standard InChI is InChI=1S/C32H58O2/c1-4-6-8-9-11-13-27-16-23-31(25(3)24-27)28-17-19-29(20-18-28)32(33)34-30-21-14-26(15-22-30)12-10-7-5-2/h25-31H,4-24H2,1-3H3/t25-,26?,27+,28?,29?,30?,31-/m1/s1. The molecule has 0 bridgehead atoms. The van der Waals surface area contributed by atoms with Crippen molar-refractivity contribution in [3.63, 3.8) is 0 Å². The second kappa shape index (κ2) is 15.6. The van der Waals surface area contributed by atoms with Crippen molar-refractivity contribution in [2.24, 2.45) is 35.5 Å². The molecule has 0 spiro atoms. The summed E-state index contributed by atoms with van der Waals surface area (Å²) in [5.74, 6) is 4.87. The Hall–Kier alpha value is -0.530. The van der Waals surface area contributed by atoms with Crippen LogP contribution in [0.25, 0.3) is 0 Å². The van der Waals surface area contributed by atoms with Gasteiger partial charge in [-0.05, 0) is 93.8 Å². The van der Waals surface area contributed by atoms with E-state index in [1.54, 1.807) is 0 Å². The molecule has 0 heterocycles. The van der Waals surface area contributed by atoms with Gasteiger partial charge in [-0.1, -0.05) is 91.4 Å². The summed E-state index contributed by atoms with van der Waals surface area (Å²) in [6.45, 7) is 7.12. The lowest BCUT2D eigenvalue weighted by atomic mass is 9.64. The third-order valence-corrected chi connectivity index (χ3v) is 10.1. The average Bonchev–Trinajstić information content (AvgIpc) is 2.85. The molecule has 0 saturated heterocycles. The van der Waals surface area contributed by atoms with Crippen molar-refractivity contribution >= 4 is 5.97 Å². The van der Waals surface area contributed by atoms with Crippen molar-refractivity contribution in [2.75, 3.05) is 0 Å². The fraction of sp³-hybridized carbons (Fsp3) is 0.969. The Morgan fingerprint density at radius 1 is 0.676 bits per heavy atom. The fourth-order valence-corrected chi connectivity index (χ4v) is 7.80. The summed E-state index contributed by atoms with van der Waals surface area (Å²) in [6.07, 6.45) is 28.1. The van der Waals surface area contributed by atoms with Crippen molar-refractivity contribution in [3.8, 4) is 0 Å². The van der Waals surface area contributed by atoms with Crippen molar-refractivity contribution in [1.82, 2.24) is 0 Å². The molecular formula is C32H58O2. The van der Waals surface area contributed by atoms with Crippen LogP contribution in [0.15, 0.2) is 0 Å². The minimum absolute atomic E-state index is 0.146. The molecule has 198 valence electrons. The Bertz CT molecular complexity index is 541. The summed E-state index contributed by atoms with van der Waals surface area (Å²) in [4.78, 5) is 12.9. The summed E-state index contributed by atoms with van der Waals surface area (Å²) < 4.78 is 6.04. The van der Waals surface area contributed by atoms with Gasteiger partial charge in [-0.3, -0.25) is 4.79 Å². The number of unbranched alkanes of at least 4 members (excludes halogenated alkanes) is 6. The van der Waals surface area contributed by atoms with E-state index in [-0.39, 0.29) is 18.0 Å². The lowest BCUT2D eigenvalue weighted by molar-refractivity contribution is -0.157. The summed E-state index contributed by atoms with van der Waals surface area (Å²) in [5.41, 5.74) is 0. The van der Waals surface area contributed by atoms with E-state index in [9.17, 15) is 4.79 Å². The van der Waals surface area contributed by atoms with Crippen LogP contribution in [0, 0.1) is 35.5 Å². The maximum absolute atomic E-state index is 12.9. The first-order valence-electron chi connectivity index (χ1n) is 15.8. The Balaban J connectivity index is 1.29. The largest absolute Gasteiger partial charge is 0.462 e. The van der Waals surface area contributed by atoms with E-state index in [0.29, 0.717) is 0 Å². The lowest BCUT2D eigenvalue weighted by Gasteiger charge is -2.41. The van der Waals surface area contributed by atoms with Crippen LogP contribution in [0.1, 0.15) is 156 Å². The molecule has 0 amide bonds. The topological polar surface area (TPSA) is 26.3 Å². The number of carbonyl (C=O) groups excluding carboxylic acids is 1. The van der Waals surface area contributed by atoms with Gasteiger partial charge in [0.15, 0.2) is 0 Å². The summed E-state index contributed by atoms with van der Waals surface area (Å²) in [5, 5.41) is 0. The second-order valence-electron chi connectivity index (χ2n) is 12.7. The number of esters is 1. The molecule has 0 aromatic carbocycles. The third-order valence-electron chi connectivity index (χ3n) is 10.1. The average molecular weight is 475 g/mol. The SMILES string of the molecule is CCCCCCC[C@H]1CC[C@@H](C2CCC(C(=O)OC3CCC(CCCCC)CC3)CC2)[C@H](C)C1. The minimum atomic E-state index is 0.146. The fourth-order valence-electron chi connectivity index (χ4n) is 7.80. The van der Waals surface area contributed by atoms with Crippen LogP contribution in [0.5, 0.6) is 0 Å². The van der Waals surface area contributed by atoms with E-state index < -0.39 is 0 Å². The monoisotopic (exact) mass is 474 g/mol. The van der Waals surface area contributed by atoms with E-state index in [1.807, 2.05) is 0 Å². The smallest absolute Gasteiger partial charge is 0.309 e. The number of ether oxygens (including phenoxy) is 1. The van der Waals surface area contributed by atoms with E-state index in [4.69, 9.17) is 4.74 Å². The summed E-state index contributed by atoms with van der Waals surface area (Å²) in [7, 11) is 0. The van der Waals surface area contributed by atoms with Gasteiger partial charge in [0.1, 0.15) is 6.10 Å². The quantitative estimate of drug-likeness (QED) is 0.196. The van der Waals surface area contributed by atoms with Crippen molar-refractivity contribution in [2.45, 2.75) is 162 Å². The molecule has 0 radical (unpaired) electrons. The first kappa shape index (κ1) is 28.0. The highest BCUT2D eigenvalue weighted by Crippen LogP contribution is 2.45. The van der Waals surface area contributed by atoms with Crippen LogP contribution < -0.4 is 0 Å². The highest BCUT2D eigenvalue weighted by atomic mass is 16.5. The third kappa shape index (κ3) is 9.16. The molecule has 3 saturated carbocycles. The maximum Gasteiger partial charge on any atom is 0.309 e. The lowest BCUT2D eigenvalue weighted by Crippen LogP contribution is -2.34. The molecule has 0 aromatic heterocycles. The molecule has 0 aromatic rings. The molecule has 3 aliphatic carbocycles. The van der Waals surface area contributed by atoms with E-state index >= 15 is 0 Å². The number of hydrogen-bond donors (Lipinski definition) is 0. The maximum atomic E-state index is 12.9. The van der Waals surface area contributed by atoms with Crippen LogP contribution in [-0.2, 0) is 9.53 Å². The van der Waals surface area contributed by atoms with Gasteiger partial charge in [-0.15, -0.1) is 0 Å². The summed E-state index contributed by atoms with van der Waals surface area (Å²) >= 11 is 0. The second-order valence-corrected chi connectivity index (χ2v) is 12.7. The van der Waals surface area contributed by atoms with Gasteiger partial charge in [-0.2, -0.15) is 0 Å². The predicted molar refractivity (Wildman–Crippen MR) is 145 cm³/mol. The molecular weight excluding hydrogens is 416 g/mol. The molecule has 2 nitrogen and oxygen atoms in total. The highest BCUT2D eigenvalue weighted by Gasteiger charge is 2.37. The molecule has 3 fully saturated rings. The molecule has 3 rings (SSSR count). The van der Waals surface area contributed by atoms with Crippen LogP contribution in [0.3, 0.4) is 0 Å².